The molecule has 0 bridgehead atoms. The number of aryl methyl sites for hydroxylation is 2. The van der Waals surface area contributed by atoms with Crippen molar-refractivity contribution in [2.24, 2.45) is 5.10 Å². The fourth-order valence-electron chi connectivity index (χ4n) is 3.40. The molecular formula is C21H17N3O2S2. The van der Waals surface area contributed by atoms with Gasteiger partial charge in [0.05, 0.1) is 11.6 Å². The third-order valence-electron chi connectivity index (χ3n) is 4.73. The summed E-state index contributed by atoms with van der Waals surface area (Å²) >= 11 is 3.19. The molecule has 0 N–H and O–H groups in total. The van der Waals surface area contributed by atoms with E-state index in [-0.39, 0.29) is 5.56 Å². The lowest BCUT2D eigenvalue weighted by Gasteiger charge is -2.09. The molecule has 0 radical (unpaired) electrons. The summed E-state index contributed by atoms with van der Waals surface area (Å²) in [5.41, 5.74) is 1.07. The zero-order chi connectivity index (χ0) is 18.9. The van der Waals surface area contributed by atoms with E-state index < -0.39 is 0 Å². The van der Waals surface area contributed by atoms with Crippen LogP contribution in [0.5, 0.6) is 0 Å². The van der Waals surface area contributed by atoms with Gasteiger partial charge in [-0.2, -0.15) is 9.78 Å². The average molecular weight is 408 g/mol. The van der Waals surface area contributed by atoms with Crippen LogP contribution in [-0.4, -0.2) is 15.9 Å². The molecule has 0 saturated carbocycles. The fourth-order valence-corrected chi connectivity index (χ4v) is 5.42. The summed E-state index contributed by atoms with van der Waals surface area (Å²) in [5.74, 6) is 0.595. The SMILES string of the molecule is O=c1c2c3c(sc2ncn1/N=C/c1ccc(Sc2ccccc2)o1)CCCC3. The Balaban J connectivity index is 1.42. The van der Waals surface area contributed by atoms with Crippen LogP contribution in [0.2, 0.25) is 0 Å². The molecule has 3 heterocycles. The van der Waals surface area contributed by atoms with E-state index in [0.717, 1.165) is 39.5 Å². The zero-order valence-corrected chi connectivity index (χ0v) is 16.6. The van der Waals surface area contributed by atoms with Gasteiger partial charge in [0.25, 0.3) is 5.56 Å². The highest BCUT2D eigenvalue weighted by Crippen LogP contribution is 2.33. The second kappa shape index (κ2) is 7.41. The van der Waals surface area contributed by atoms with Crippen LogP contribution in [0.25, 0.3) is 10.2 Å². The molecule has 0 spiro atoms. The van der Waals surface area contributed by atoms with Crippen LogP contribution in [-0.2, 0) is 12.8 Å². The summed E-state index contributed by atoms with van der Waals surface area (Å²) in [6, 6.07) is 13.8. The Bertz CT molecular complexity index is 1220. The summed E-state index contributed by atoms with van der Waals surface area (Å²) in [7, 11) is 0. The molecule has 140 valence electrons. The van der Waals surface area contributed by atoms with Crippen LogP contribution in [0, 0.1) is 0 Å². The first-order valence-electron chi connectivity index (χ1n) is 9.17. The Kier molecular flexibility index (Phi) is 4.62. The number of rotatable bonds is 4. The maximum Gasteiger partial charge on any atom is 0.282 e. The number of hydrogen-bond donors (Lipinski definition) is 0. The van der Waals surface area contributed by atoms with Crippen molar-refractivity contribution >= 4 is 39.5 Å². The summed E-state index contributed by atoms with van der Waals surface area (Å²) < 4.78 is 7.09. The summed E-state index contributed by atoms with van der Waals surface area (Å²) in [6.07, 6.45) is 7.37. The van der Waals surface area contributed by atoms with Gasteiger partial charge in [0.2, 0.25) is 0 Å². The van der Waals surface area contributed by atoms with E-state index >= 15 is 0 Å². The molecule has 4 aromatic rings. The molecule has 0 amide bonds. The van der Waals surface area contributed by atoms with Crippen molar-refractivity contribution in [1.82, 2.24) is 9.66 Å². The van der Waals surface area contributed by atoms with E-state index in [9.17, 15) is 4.79 Å². The van der Waals surface area contributed by atoms with E-state index in [1.165, 1.54) is 27.9 Å². The minimum Gasteiger partial charge on any atom is -0.448 e. The van der Waals surface area contributed by atoms with Crippen LogP contribution >= 0.6 is 23.1 Å². The number of thiophene rings is 1. The molecule has 1 aliphatic carbocycles. The van der Waals surface area contributed by atoms with E-state index in [1.807, 2.05) is 42.5 Å². The lowest BCUT2D eigenvalue weighted by Crippen LogP contribution is -2.17. The predicted molar refractivity (Wildman–Crippen MR) is 113 cm³/mol. The first kappa shape index (κ1) is 17.5. The highest BCUT2D eigenvalue weighted by Gasteiger charge is 2.19. The first-order valence-corrected chi connectivity index (χ1v) is 10.8. The third kappa shape index (κ3) is 3.31. The van der Waals surface area contributed by atoms with Crippen molar-refractivity contribution in [2.75, 3.05) is 0 Å². The second-order valence-electron chi connectivity index (χ2n) is 6.60. The van der Waals surface area contributed by atoms with Crippen molar-refractivity contribution in [3.8, 4) is 0 Å². The number of hydrogen-bond acceptors (Lipinski definition) is 6. The van der Waals surface area contributed by atoms with Crippen molar-refractivity contribution in [3.05, 3.63) is 75.3 Å². The normalized spacial score (nSPS) is 14.0. The molecule has 0 atom stereocenters. The highest BCUT2D eigenvalue weighted by molar-refractivity contribution is 7.99. The summed E-state index contributed by atoms with van der Waals surface area (Å²) in [5, 5.41) is 5.81. The maximum absolute atomic E-state index is 12.9. The number of nitrogens with zero attached hydrogens (tertiary/aromatic N) is 3. The molecule has 1 aromatic carbocycles. The molecule has 5 nitrogen and oxygen atoms in total. The minimum absolute atomic E-state index is 0.105. The van der Waals surface area contributed by atoms with Gasteiger partial charge in [0.15, 0.2) is 5.09 Å². The quantitative estimate of drug-likeness (QED) is 0.449. The van der Waals surface area contributed by atoms with Crippen LogP contribution in [0.15, 0.2) is 73.1 Å². The predicted octanol–water partition coefficient (Wildman–Crippen LogP) is 4.96. The van der Waals surface area contributed by atoms with Gasteiger partial charge < -0.3 is 4.42 Å². The molecule has 1 aliphatic rings. The fraction of sp³-hybridized carbons (Fsp3) is 0.190. The van der Waals surface area contributed by atoms with Gasteiger partial charge in [-0.3, -0.25) is 4.79 Å². The molecule has 28 heavy (non-hydrogen) atoms. The number of fused-ring (bicyclic) bond motifs is 3. The monoisotopic (exact) mass is 407 g/mol. The molecule has 5 rings (SSSR count). The number of benzene rings is 1. The minimum atomic E-state index is -0.105. The Morgan fingerprint density at radius 1 is 1.14 bits per heavy atom. The molecule has 3 aromatic heterocycles. The Morgan fingerprint density at radius 2 is 2.00 bits per heavy atom. The van der Waals surface area contributed by atoms with E-state index in [2.05, 4.69) is 10.1 Å². The molecular weight excluding hydrogens is 390 g/mol. The zero-order valence-electron chi connectivity index (χ0n) is 15.0. The van der Waals surface area contributed by atoms with Crippen molar-refractivity contribution in [1.29, 1.82) is 0 Å². The summed E-state index contributed by atoms with van der Waals surface area (Å²) in [4.78, 5) is 20.6. The van der Waals surface area contributed by atoms with E-state index in [4.69, 9.17) is 4.42 Å². The van der Waals surface area contributed by atoms with E-state index in [0.29, 0.717) is 5.76 Å². The molecule has 0 saturated heterocycles. The first-order chi connectivity index (χ1) is 13.8. The van der Waals surface area contributed by atoms with Gasteiger partial charge in [-0.15, -0.1) is 11.3 Å². The Hall–Kier alpha value is -2.64. The van der Waals surface area contributed by atoms with Crippen molar-refractivity contribution < 1.29 is 4.42 Å². The maximum atomic E-state index is 12.9. The lowest BCUT2D eigenvalue weighted by atomic mass is 9.97. The average Bonchev–Trinajstić information content (AvgIpc) is 3.32. The van der Waals surface area contributed by atoms with E-state index in [1.54, 1.807) is 29.3 Å². The van der Waals surface area contributed by atoms with Gasteiger partial charge in [-0.1, -0.05) is 30.0 Å². The third-order valence-corrected chi connectivity index (χ3v) is 6.86. The largest absolute Gasteiger partial charge is 0.448 e. The Morgan fingerprint density at radius 3 is 2.89 bits per heavy atom. The van der Waals surface area contributed by atoms with Crippen LogP contribution in [0.4, 0.5) is 0 Å². The Labute approximate surface area is 169 Å². The van der Waals surface area contributed by atoms with Crippen LogP contribution < -0.4 is 5.56 Å². The lowest BCUT2D eigenvalue weighted by molar-refractivity contribution is 0.468. The molecule has 0 unspecified atom stereocenters. The van der Waals surface area contributed by atoms with Crippen LogP contribution in [0.1, 0.15) is 29.0 Å². The standard InChI is InChI=1S/C21H17N3O2S2/c25-21-19-16-8-4-5-9-17(16)28-20(19)22-13-24(21)23-12-14-10-11-18(26-14)27-15-6-2-1-3-7-15/h1-3,6-7,10-13H,4-5,8-9H2/b23-12+. The second-order valence-corrected chi connectivity index (χ2v) is 8.76. The topological polar surface area (TPSA) is 60.4 Å². The smallest absolute Gasteiger partial charge is 0.282 e. The van der Waals surface area contributed by atoms with Gasteiger partial charge in [0.1, 0.15) is 16.9 Å². The summed E-state index contributed by atoms with van der Waals surface area (Å²) in [6.45, 7) is 0. The van der Waals surface area contributed by atoms with Crippen LogP contribution in [0.3, 0.4) is 0 Å². The molecule has 0 aliphatic heterocycles. The van der Waals surface area contributed by atoms with Gasteiger partial charge >= 0.3 is 0 Å². The van der Waals surface area contributed by atoms with Gasteiger partial charge in [0, 0.05) is 9.77 Å². The number of aromatic nitrogens is 2. The van der Waals surface area contributed by atoms with Gasteiger partial charge in [-0.25, -0.2) is 4.98 Å². The van der Waals surface area contributed by atoms with Gasteiger partial charge in [-0.05, 0) is 55.5 Å². The molecule has 7 heteroatoms. The number of furan rings is 1. The molecule has 0 fully saturated rings. The van der Waals surface area contributed by atoms with Crippen molar-refractivity contribution in [2.45, 2.75) is 35.7 Å². The van der Waals surface area contributed by atoms with Crippen molar-refractivity contribution in [3.63, 3.8) is 0 Å². The highest BCUT2D eigenvalue weighted by atomic mass is 32.2.